The minimum Gasteiger partial charge on any atom is -0.320 e. The highest BCUT2D eigenvalue weighted by atomic mass is 16.2. The molecule has 0 spiro atoms. The van der Waals surface area contributed by atoms with Gasteiger partial charge in [0.05, 0.1) is 11.7 Å². The molecule has 2 aromatic rings. The van der Waals surface area contributed by atoms with Crippen molar-refractivity contribution in [2.45, 2.75) is 18.9 Å². The Morgan fingerprint density at radius 2 is 2.22 bits per heavy atom. The van der Waals surface area contributed by atoms with Crippen molar-refractivity contribution in [1.29, 1.82) is 0 Å². The number of hydrogen-bond acceptors (Lipinski definition) is 3. The molecule has 4 heteroatoms. The summed E-state index contributed by atoms with van der Waals surface area (Å²) in [6.07, 6.45) is 5.30. The van der Waals surface area contributed by atoms with Gasteiger partial charge in [-0.1, -0.05) is 12.1 Å². The number of pyridine rings is 1. The first kappa shape index (κ1) is 11.2. The number of hydrogen-bond donors (Lipinski definition) is 1. The zero-order valence-corrected chi connectivity index (χ0v) is 10.0. The Morgan fingerprint density at radius 1 is 1.33 bits per heavy atom. The lowest BCUT2D eigenvalue weighted by Crippen LogP contribution is -2.48. The lowest BCUT2D eigenvalue weighted by atomic mass is 10.0. The van der Waals surface area contributed by atoms with Crippen LogP contribution >= 0.6 is 0 Å². The van der Waals surface area contributed by atoms with Gasteiger partial charge in [0.15, 0.2) is 0 Å². The number of nitrogens with zero attached hydrogens (tertiary/aromatic N) is 2. The molecule has 1 aromatic heterocycles. The summed E-state index contributed by atoms with van der Waals surface area (Å²) in [6, 6.07) is 7.50. The van der Waals surface area contributed by atoms with Gasteiger partial charge in [0.2, 0.25) is 5.91 Å². The fourth-order valence-electron chi connectivity index (χ4n) is 2.48. The number of carbonyl (C=O) groups excluding carboxylic acids is 1. The maximum absolute atomic E-state index is 12.2. The van der Waals surface area contributed by atoms with E-state index in [-0.39, 0.29) is 11.9 Å². The zero-order valence-electron chi connectivity index (χ0n) is 10.0. The number of amides is 1. The first-order valence-corrected chi connectivity index (χ1v) is 6.17. The van der Waals surface area contributed by atoms with E-state index in [4.69, 9.17) is 5.73 Å². The van der Waals surface area contributed by atoms with Crippen molar-refractivity contribution in [3.05, 3.63) is 36.7 Å². The molecule has 1 aliphatic heterocycles. The maximum atomic E-state index is 12.2. The average molecular weight is 241 g/mol. The molecule has 2 heterocycles. The van der Waals surface area contributed by atoms with Crippen LogP contribution in [-0.2, 0) is 4.79 Å². The van der Waals surface area contributed by atoms with Gasteiger partial charge in [-0.2, -0.15) is 0 Å². The monoisotopic (exact) mass is 241 g/mol. The SMILES string of the molecule is NC1CCCN(c2cccc3cnccc23)C1=O. The van der Waals surface area contributed by atoms with E-state index in [0.29, 0.717) is 0 Å². The van der Waals surface area contributed by atoms with E-state index in [0.717, 1.165) is 35.8 Å². The Bertz CT molecular complexity index is 591. The topological polar surface area (TPSA) is 59.2 Å². The molecule has 0 radical (unpaired) electrons. The third-order valence-corrected chi connectivity index (χ3v) is 3.43. The van der Waals surface area contributed by atoms with Crippen molar-refractivity contribution in [3.8, 4) is 0 Å². The highest BCUT2D eigenvalue weighted by molar-refractivity contribution is 6.05. The van der Waals surface area contributed by atoms with Gasteiger partial charge in [0.25, 0.3) is 0 Å². The molecule has 1 atom stereocenters. The van der Waals surface area contributed by atoms with E-state index in [1.807, 2.05) is 30.5 Å². The molecule has 3 rings (SSSR count). The zero-order chi connectivity index (χ0) is 12.5. The van der Waals surface area contributed by atoms with E-state index in [2.05, 4.69) is 4.98 Å². The number of anilines is 1. The Morgan fingerprint density at radius 3 is 3.11 bits per heavy atom. The summed E-state index contributed by atoms with van der Waals surface area (Å²) in [5, 5.41) is 2.09. The molecule has 18 heavy (non-hydrogen) atoms. The number of nitrogens with two attached hydrogens (primary N) is 1. The molecule has 4 nitrogen and oxygen atoms in total. The Balaban J connectivity index is 2.11. The highest BCUT2D eigenvalue weighted by Gasteiger charge is 2.27. The lowest BCUT2D eigenvalue weighted by Gasteiger charge is -2.31. The number of rotatable bonds is 1. The molecule has 92 valence electrons. The van der Waals surface area contributed by atoms with Crippen LogP contribution in [0.3, 0.4) is 0 Å². The van der Waals surface area contributed by atoms with Crippen molar-refractivity contribution in [2.75, 3.05) is 11.4 Å². The lowest BCUT2D eigenvalue weighted by molar-refractivity contribution is -0.120. The van der Waals surface area contributed by atoms with Crippen molar-refractivity contribution in [2.24, 2.45) is 5.73 Å². The van der Waals surface area contributed by atoms with Crippen molar-refractivity contribution >= 4 is 22.4 Å². The molecule has 1 saturated heterocycles. The summed E-state index contributed by atoms with van der Waals surface area (Å²) in [4.78, 5) is 18.1. The van der Waals surface area contributed by atoms with Crippen LogP contribution in [0.4, 0.5) is 5.69 Å². The number of aromatic nitrogens is 1. The van der Waals surface area contributed by atoms with Crippen LogP contribution in [0.2, 0.25) is 0 Å². The van der Waals surface area contributed by atoms with Crippen LogP contribution in [0.25, 0.3) is 10.8 Å². The molecule has 1 unspecified atom stereocenters. The van der Waals surface area contributed by atoms with E-state index in [1.165, 1.54) is 0 Å². The molecule has 1 aliphatic rings. The molecule has 1 aromatic carbocycles. The average Bonchev–Trinajstić information content (AvgIpc) is 2.41. The smallest absolute Gasteiger partial charge is 0.243 e. The number of carbonyl (C=O) groups is 1. The minimum atomic E-state index is -0.365. The molecular weight excluding hydrogens is 226 g/mol. The van der Waals surface area contributed by atoms with Gasteiger partial charge >= 0.3 is 0 Å². The van der Waals surface area contributed by atoms with E-state index in [1.54, 1.807) is 11.1 Å². The number of fused-ring (bicyclic) bond motifs is 1. The summed E-state index contributed by atoms with van der Waals surface area (Å²) in [5.41, 5.74) is 6.79. The predicted molar refractivity (Wildman–Crippen MR) is 71.3 cm³/mol. The fourth-order valence-corrected chi connectivity index (χ4v) is 2.48. The summed E-state index contributed by atoms with van der Waals surface area (Å²) in [5.74, 6) is 0.0190. The van der Waals surface area contributed by atoms with Crippen LogP contribution in [-0.4, -0.2) is 23.5 Å². The highest BCUT2D eigenvalue weighted by Crippen LogP contribution is 2.28. The maximum Gasteiger partial charge on any atom is 0.243 e. The minimum absolute atomic E-state index is 0.0190. The van der Waals surface area contributed by atoms with Gasteiger partial charge in [-0.05, 0) is 25.0 Å². The summed E-state index contributed by atoms with van der Waals surface area (Å²) in [7, 11) is 0. The molecule has 2 N–H and O–H groups in total. The van der Waals surface area contributed by atoms with E-state index >= 15 is 0 Å². The Hall–Kier alpha value is -1.94. The van der Waals surface area contributed by atoms with Crippen molar-refractivity contribution in [3.63, 3.8) is 0 Å². The van der Waals surface area contributed by atoms with Gasteiger partial charge in [0.1, 0.15) is 0 Å². The van der Waals surface area contributed by atoms with Crippen LogP contribution in [0.1, 0.15) is 12.8 Å². The Labute approximate surface area is 105 Å². The summed E-state index contributed by atoms with van der Waals surface area (Å²) >= 11 is 0. The molecular formula is C14H15N3O. The quantitative estimate of drug-likeness (QED) is 0.826. The third-order valence-electron chi connectivity index (χ3n) is 3.43. The van der Waals surface area contributed by atoms with Crippen molar-refractivity contribution in [1.82, 2.24) is 4.98 Å². The second-order valence-corrected chi connectivity index (χ2v) is 4.61. The fraction of sp³-hybridized carbons (Fsp3) is 0.286. The second kappa shape index (κ2) is 4.38. The molecule has 1 amide bonds. The largest absolute Gasteiger partial charge is 0.320 e. The van der Waals surface area contributed by atoms with Gasteiger partial charge < -0.3 is 10.6 Å². The van der Waals surface area contributed by atoms with Crippen LogP contribution in [0.5, 0.6) is 0 Å². The standard InChI is InChI=1S/C14H15N3O/c15-12-4-2-8-17(14(12)18)13-5-1-3-10-9-16-7-6-11(10)13/h1,3,5-7,9,12H,2,4,8,15H2. The van der Waals surface area contributed by atoms with Gasteiger partial charge in [-0.25, -0.2) is 0 Å². The summed E-state index contributed by atoms with van der Waals surface area (Å²) in [6.45, 7) is 0.744. The molecule has 0 saturated carbocycles. The molecule has 0 bridgehead atoms. The normalized spacial score (nSPS) is 20.4. The van der Waals surface area contributed by atoms with Gasteiger partial charge in [-0.3, -0.25) is 9.78 Å². The van der Waals surface area contributed by atoms with Crippen LogP contribution in [0.15, 0.2) is 36.7 Å². The Kier molecular flexibility index (Phi) is 2.72. The third kappa shape index (κ3) is 1.75. The van der Waals surface area contributed by atoms with Gasteiger partial charge in [-0.15, -0.1) is 0 Å². The van der Waals surface area contributed by atoms with Crippen LogP contribution < -0.4 is 10.6 Å². The predicted octanol–water partition coefficient (Wildman–Crippen LogP) is 1.69. The van der Waals surface area contributed by atoms with E-state index in [9.17, 15) is 4.79 Å². The number of piperidine rings is 1. The molecule has 0 aliphatic carbocycles. The number of benzene rings is 1. The first-order chi connectivity index (χ1) is 8.77. The van der Waals surface area contributed by atoms with E-state index < -0.39 is 0 Å². The first-order valence-electron chi connectivity index (χ1n) is 6.17. The summed E-state index contributed by atoms with van der Waals surface area (Å²) < 4.78 is 0. The van der Waals surface area contributed by atoms with Crippen LogP contribution in [0, 0.1) is 0 Å². The second-order valence-electron chi connectivity index (χ2n) is 4.61. The van der Waals surface area contributed by atoms with Gasteiger partial charge in [0, 0.05) is 29.7 Å². The molecule has 1 fully saturated rings. The van der Waals surface area contributed by atoms with Crippen molar-refractivity contribution < 1.29 is 4.79 Å².